The number of hydrogen-bond acceptors (Lipinski definition) is 2. The smallest absolute Gasteiger partial charge is 0.141 e. The highest BCUT2D eigenvalue weighted by molar-refractivity contribution is 9.10. The Hall–Kier alpha value is -0.610. The first-order valence-electron chi connectivity index (χ1n) is 6.43. The lowest BCUT2D eigenvalue weighted by atomic mass is 9.77. The van der Waals surface area contributed by atoms with Gasteiger partial charge in [-0.25, -0.2) is 4.39 Å². The number of rotatable bonds is 5. The Labute approximate surface area is 116 Å². The van der Waals surface area contributed by atoms with E-state index in [-0.39, 0.29) is 11.9 Å². The molecule has 4 heteroatoms. The molecule has 18 heavy (non-hydrogen) atoms. The van der Waals surface area contributed by atoms with Gasteiger partial charge in [-0.15, -0.1) is 0 Å². The fourth-order valence-electron chi connectivity index (χ4n) is 2.49. The average Bonchev–Trinajstić information content (AvgIpc) is 2.29. The average molecular weight is 316 g/mol. The van der Waals surface area contributed by atoms with Crippen molar-refractivity contribution in [3.05, 3.63) is 28.0 Å². The predicted octanol–water partition coefficient (Wildman–Crippen LogP) is 4.05. The predicted molar refractivity (Wildman–Crippen MR) is 74.4 cm³/mol. The van der Waals surface area contributed by atoms with Gasteiger partial charge in [0.25, 0.3) is 0 Å². The van der Waals surface area contributed by atoms with Crippen molar-refractivity contribution >= 4 is 15.9 Å². The largest absolute Gasteiger partial charge is 0.496 e. The number of ether oxygens (including phenoxy) is 1. The van der Waals surface area contributed by atoms with Gasteiger partial charge in [-0.05, 0) is 47.3 Å². The van der Waals surface area contributed by atoms with Gasteiger partial charge >= 0.3 is 0 Å². The molecule has 0 saturated heterocycles. The molecule has 1 saturated carbocycles. The molecule has 0 amide bonds. The van der Waals surface area contributed by atoms with Crippen molar-refractivity contribution < 1.29 is 9.13 Å². The molecule has 1 aliphatic rings. The van der Waals surface area contributed by atoms with Gasteiger partial charge in [0.2, 0.25) is 0 Å². The zero-order valence-corrected chi connectivity index (χ0v) is 12.4. The minimum absolute atomic E-state index is 0.260. The number of methoxy groups -OCH3 is 1. The van der Waals surface area contributed by atoms with Gasteiger partial charge in [0.05, 0.1) is 11.6 Å². The first-order chi connectivity index (χ1) is 8.67. The summed E-state index contributed by atoms with van der Waals surface area (Å²) in [5, 5.41) is 3.50. The van der Waals surface area contributed by atoms with E-state index in [4.69, 9.17) is 4.74 Å². The Kier molecular flexibility index (Phi) is 4.62. The molecule has 1 atom stereocenters. The van der Waals surface area contributed by atoms with Crippen LogP contribution in [-0.2, 0) is 0 Å². The molecule has 1 aliphatic carbocycles. The molecule has 0 radical (unpaired) electrons. The van der Waals surface area contributed by atoms with Gasteiger partial charge in [0, 0.05) is 17.7 Å². The van der Waals surface area contributed by atoms with Gasteiger partial charge in [0.1, 0.15) is 11.6 Å². The standard InChI is InChI=1S/C14H19BrFNO/c1-3-17-14(9-5-4-6-9)10-7-11(15)12(16)8-13(10)18-2/h7-9,14,17H,3-6H2,1-2H3. The minimum atomic E-state index is -0.278. The van der Waals surface area contributed by atoms with Crippen LogP contribution in [0.1, 0.15) is 37.8 Å². The molecular weight excluding hydrogens is 297 g/mol. The van der Waals surface area contributed by atoms with Crippen molar-refractivity contribution in [2.75, 3.05) is 13.7 Å². The van der Waals surface area contributed by atoms with E-state index >= 15 is 0 Å². The molecule has 0 bridgehead atoms. The number of hydrogen-bond donors (Lipinski definition) is 1. The van der Waals surface area contributed by atoms with Crippen molar-refractivity contribution in [3.8, 4) is 5.75 Å². The van der Waals surface area contributed by atoms with Crippen LogP contribution < -0.4 is 10.1 Å². The lowest BCUT2D eigenvalue weighted by molar-refractivity contribution is 0.228. The molecule has 0 aromatic heterocycles. The molecule has 1 unspecified atom stereocenters. The summed E-state index contributed by atoms with van der Waals surface area (Å²) in [4.78, 5) is 0. The van der Waals surface area contributed by atoms with Crippen molar-refractivity contribution in [2.24, 2.45) is 5.92 Å². The van der Waals surface area contributed by atoms with Crippen LogP contribution in [0.4, 0.5) is 4.39 Å². The highest BCUT2D eigenvalue weighted by Crippen LogP contribution is 2.41. The van der Waals surface area contributed by atoms with E-state index in [1.807, 2.05) is 6.07 Å². The summed E-state index contributed by atoms with van der Waals surface area (Å²) in [6.07, 6.45) is 3.75. The van der Waals surface area contributed by atoms with Crippen LogP contribution in [0.15, 0.2) is 16.6 Å². The second-order valence-electron chi connectivity index (χ2n) is 4.73. The summed E-state index contributed by atoms with van der Waals surface area (Å²) >= 11 is 3.26. The summed E-state index contributed by atoms with van der Waals surface area (Å²) in [6.45, 7) is 3.00. The molecule has 0 spiro atoms. The molecule has 0 heterocycles. The molecule has 100 valence electrons. The maximum absolute atomic E-state index is 13.5. The SMILES string of the molecule is CCNC(c1cc(Br)c(F)cc1OC)C1CCC1. The third-order valence-corrected chi connectivity index (χ3v) is 4.26. The lowest BCUT2D eigenvalue weighted by Gasteiger charge is -2.35. The second-order valence-corrected chi connectivity index (χ2v) is 5.59. The highest BCUT2D eigenvalue weighted by atomic mass is 79.9. The van der Waals surface area contributed by atoms with Gasteiger partial charge in [0.15, 0.2) is 0 Å². The van der Waals surface area contributed by atoms with Crippen LogP contribution in [0.5, 0.6) is 5.75 Å². The third-order valence-electron chi connectivity index (χ3n) is 3.65. The summed E-state index contributed by atoms with van der Waals surface area (Å²) < 4.78 is 19.4. The van der Waals surface area contributed by atoms with Crippen molar-refractivity contribution in [3.63, 3.8) is 0 Å². The van der Waals surface area contributed by atoms with Crippen molar-refractivity contribution in [1.82, 2.24) is 5.32 Å². The Morgan fingerprint density at radius 1 is 1.50 bits per heavy atom. The van der Waals surface area contributed by atoms with Crippen LogP contribution in [0.25, 0.3) is 0 Å². The molecular formula is C14H19BrFNO. The van der Waals surface area contributed by atoms with Crippen LogP contribution in [0.3, 0.4) is 0 Å². The van der Waals surface area contributed by atoms with E-state index in [1.165, 1.54) is 25.3 Å². The summed E-state index contributed by atoms with van der Waals surface area (Å²) in [5.41, 5.74) is 1.05. The molecule has 1 N–H and O–H groups in total. The molecule has 1 fully saturated rings. The normalized spacial score (nSPS) is 17.3. The first kappa shape index (κ1) is 13.8. The summed E-state index contributed by atoms with van der Waals surface area (Å²) in [6, 6.07) is 3.57. The van der Waals surface area contributed by atoms with E-state index in [0.29, 0.717) is 16.1 Å². The van der Waals surface area contributed by atoms with E-state index in [2.05, 4.69) is 28.2 Å². The number of nitrogens with one attached hydrogen (secondary N) is 1. The molecule has 0 aliphatic heterocycles. The third kappa shape index (κ3) is 2.69. The Bertz CT molecular complexity index is 421. The summed E-state index contributed by atoms with van der Waals surface area (Å²) in [7, 11) is 1.59. The van der Waals surface area contributed by atoms with E-state index in [0.717, 1.165) is 12.1 Å². The van der Waals surface area contributed by atoms with Crippen LogP contribution in [-0.4, -0.2) is 13.7 Å². The highest BCUT2D eigenvalue weighted by Gasteiger charge is 2.30. The lowest BCUT2D eigenvalue weighted by Crippen LogP contribution is -2.32. The van der Waals surface area contributed by atoms with E-state index in [9.17, 15) is 4.39 Å². The van der Waals surface area contributed by atoms with Crippen LogP contribution in [0.2, 0.25) is 0 Å². The molecule has 1 aromatic carbocycles. The van der Waals surface area contributed by atoms with Crippen molar-refractivity contribution in [1.29, 1.82) is 0 Å². The minimum Gasteiger partial charge on any atom is -0.496 e. The Morgan fingerprint density at radius 2 is 2.22 bits per heavy atom. The van der Waals surface area contributed by atoms with E-state index in [1.54, 1.807) is 7.11 Å². The van der Waals surface area contributed by atoms with Crippen LogP contribution >= 0.6 is 15.9 Å². The quantitative estimate of drug-likeness (QED) is 0.885. The maximum atomic E-state index is 13.5. The monoisotopic (exact) mass is 315 g/mol. The van der Waals surface area contributed by atoms with Gasteiger partial charge < -0.3 is 10.1 Å². The zero-order chi connectivity index (χ0) is 13.1. The Morgan fingerprint density at radius 3 is 2.72 bits per heavy atom. The van der Waals surface area contributed by atoms with Gasteiger partial charge in [-0.3, -0.25) is 0 Å². The van der Waals surface area contributed by atoms with Gasteiger partial charge in [-0.2, -0.15) is 0 Å². The Balaban J connectivity index is 2.35. The van der Waals surface area contributed by atoms with Gasteiger partial charge in [-0.1, -0.05) is 13.3 Å². The fourth-order valence-corrected chi connectivity index (χ4v) is 2.85. The second kappa shape index (κ2) is 6.02. The maximum Gasteiger partial charge on any atom is 0.141 e. The number of halogens is 2. The molecule has 2 rings (SSSR count). The van der Waals surface area contributed by atoms with E-state index < -0.39 is 0 Å². The fraction of sp³-hybridized carbons (Fsp3) is 0.571. The number of benzene rings is 1. The summed E-state index contributed by atoms with van der Waals surface area (Å²) in [5.74, 6) is 0.990. The molecule has 2 nitrogen and oxygen atoms in total. The zero-order valence-electron chi connectivity index (χ0n) is 10.8. The first-order valence-corrected chi connectivity index (χ1v) is 7.23. The van der Waals surface area contributed by atoms with Crippen LogP contribution in [0, 0.1) is 11.7 Å². The molecule has 1 aromatic rings. The van der Waals surface area contributed by atoms with Crippen molar-refractivity contribution in [2.45, 2.75) is 32.2 Å². The topological polar surface area (TPSA) is 21.3 Å².